The summed E-state index contributed by atoms with van der Waals surface area (Å²) in [6, 6.07) is 9.26. The van der Waals surface area contributed by atoms with Gasteiger partial charge in [0.15, 0.2) is 5.82 Å². The Hall–Kier alpha value is -3.26. The monoisotopic (exact) mass is 379 g/mol. The summed E-state index contributed by atoms with van der Waals surface area (Å²) < 4.78 is 10.2. The normalized spacial score (nSPS) is 14.1. The van der Waals surface area contributed by atoms with Gasteiger partial charge in [0, 0.05) is 18.8 Å². The number of esters is 1. The molecule has 1 N–H and O–H groups in total. The van der Waals surface area contributed by atoms with Crippen molar-refractivity contribution < 1.29 is 14.3 Å². The van der Waals surface area contributed by atoms with Crippen LogP contribution in [-0.2, 0) is 9.47 Å². The number of pyridine rings is 1. The predicted octanol–water partition coefficient (Wildman–Crippen LogP) is 2.70. The second kappa shape index (κ2) is 7.77. The van der Waals surface area contributed by atoms with Crippen molar-refractivity contribution in [2.75, 3.05) is 43.6 Å². The maximum atomic E-state index is 11.9. The number of hydrogen-bond acceptors (Lipinski definition) is 8. The number of aromatic nitrogens is 3. The number of hydrogen-bond donors (Lipinski definition) is 1. The minimum Gasteiger partial charge on any atom is -0.465 e. The van der Waals surface area contributed by atoms with Crippen LogP contribution in [0.1, 0.15) is 15.9 Å². The van der Waals surface area contributed by atoms with Crippen LogP contribution in [0.3, 0.4) is 0 Å². The summed E-state index contributed by atoms with van der Waals surface area (Å²) in [6.45, 7) is 4.94. The number of carbonyl (C=O) groups is 1. The summed E-state index contributed by atoms with van der Waals surface area (Å²) in [5.41, 5.74) is 3.63. The number of methoxy groups -OCH3 is 1. The van der Waals surface area contributed by atoms with Crippen LogP contribution in [0.25, 0.3) is 11.0 Å². The van der Waals surface area contributed by atoms with Gasteiger partial charge in [0.25, 0.3) is 0 Å². The number of rotatable bonds is 4. The van der Waals surface area contributed by atoms with Gasteiger partial charge in [-0.05, 0) is 36.8 Å². The molecular formula is C20H21N5O3. The minimum absolute atomic E-state index is 0.386. The van der Waals surface area contributed by atoms with Crippen LogP contribution in [0.2, 0.25) is 0 Å². The summed E-state index contributed by atoms with van der Waals surface area (Å²) in [5.74, 6) is 1.07. The first-order chi connectivity index (χ1) is 13.7. The molecule has 0 radical (unpaired) electrons. The molecule has 0 atom stereocenters. The number of morpholine rings is 1. The van der Waals surface area contributed by atoms with Crippen molar-refractivity contribution in [3.8, 4) is 0 Å². The largest absolute Gasteiger partial charge is 0.465 e. The summed E-state index contributed by atoms with van der Waals surface area (Å²) >= 11 is 0. The first kappa shape index (κ1) is 18.1. The third kappa shape index (κ3) is 3.59. The SMILES string of the molecule is COC(=O)c1ccc(C)c(Nc2ncnc3ccc(N4CCOCC4)nc23)c1. The fraction of sp³-hybridized carbons (Fsp3) is 0.300. The van der Waals surface area contributed by atoms with Crippen molar-refractivity contribution in [1.82, 2.24) is 15.0 Å². The maximum Gasteiger partial charge on any atom is 0.337 e. The summed E-state index contributed by atoms with van der Waals surface area (Å²) in [7, 11) is 1.37. The van der Waals surface area contributed by atoms with E-state index in [0.29, 0.717) is 30.1 Å². The Morgan fingerprint density at radius 2 is 2.00 bits per heavy atom. The van der Waals surface area contributed by atoms with Gasteiger partial charge in [-0.1, -0.05) is 6.07 Å². The Bertz CT molecular complexity index is 1020. The summed E-state index contributed by atoms with van der Waals surface area (Å²) in [5, 5.41) is 3.30. The van der Waals surface area contributed by atoms with Gasteiger partial charge in [0.2, 0.25) is 0 Å². The van der Waals surface area contributed by atoms with Crippen LogP contribution < -0.4 is 10.2 Å². The Balaban J connectivity index is 1.71. The topological polar surface area (TPSA) is 89.5 Å². The van der Waals surface area contributed by atoms with E-state index in [0.717, 1.165) is 35.7 Å². The Labute approximate surface area is 162 Å². The van der Waals surface area contributed by atoms with E-state index in [2.05, 4.69) is 20.2 Å². The van der Waals surface area contributed by atoms with Crippen LogP contribution >= 0.6 is 0 Å². The van der Waals surface area contributed by atoms with E-state index in [4.69, 9.17) is 14.5 Å². The van der Waals surface area contributed by atoms with Gasteiger partial charge in [0.05, 0.1) is 31.4 Å². The zero-order valence-electron chi connectivity index (χ0n) is 15.8. The number of nitrogens with zero attached hydrogens (tertiary/aromatic N) is 4. The van der Waals surface area contributed by atoms with Gasteiger partial charge >= 0.3 is 5.97 Å². The summed E-state index contributed by atoms with van der Waals surface area (Å²) in [6.07, 6.45) is 1.50. The van der Waals surface area contributed by atoms with E-state index in [1.165, 1.54) is 13.4 Å². The number of benzene rings is 1. The fourth-order valence-corrected chi connectivity index (χ4v) is 3.12. The molecule has 3 aromatic rings. The molecule has 0 saturated carbocycles. The van der Waals surface area contributed by atoms with E-state index < -0.39 is 0 Å². The molecule has 0 amide bonds. The molecule has 0 aliphatic carbocycles. The zero-order valence-corrected chi connectivity index (χ0v) is 15.8. The average Bonchev–Trinajstić information content (AvgIpc) is 2.75. The van der Waals surface area contributed by atoms with E-state index in [-0.39, 0.29) is 5.97 Å². The lowest BCUT2D eigenvalue weighted by molar-refractivity contribution is 0.0601. The molecule has 28 heavy (non-hydrogen) atoms. The lowest BCUT2D eigenvalue weighted by Gasteiger charge is -2.28. The number of nitrogens with one attached hydrogen (secondary N) is 1. The zero-order chi connectivity index (χ0) is 19.5. The first-order valence-corrected chi connectivity index (χ1v) is 9.06. The molecule has 1 fully saturated rings. The number of fused-ring (bicyclic) bond motifs is 1. The van der Waals surface area contributed by atoms with Crippen LogP contribution in [0.4, 0.5) is 17.3 Å². The van der Waals surface area contributed by atoms with Gasteiger partial charge in [-0.2, -0.15) is 0 Å². The van der Waals surface area contributed by atoms with E-state index in [9.17, 15) is 4.79 Å². The first-order valence-electron chi connectivity index (χ1n) is 9.06. The molecule has 144 valence electrons. The molecule has 1 aliphatic rings. The lowest BCUT2D eigenvalue weighted by atomic mass is 10.1. The Morgan fingerprint density at radius 1 is 1.18 bits per heavy atom. The Kier molecular flexibility index (Phi) is 5.03. The smallest absolute Gasteiger partial charge is 0.337 e. The second-order valence-corrected chi connectivity index (χ2v) is 6.51. The number of ether oxygens (including phenoxy) is 2. The third-order valence-corrected chi connectivity index (χ3v) is 4.71. The van der Waals surface area contributed by atoms with Gasteiger partial charge in [0.1, 0.15) is 17.7 Å². The molecule has 3 heterocycles. The van der Waals surface area contributed by atoms with E-state index >= 15 is 0 Å². The number of carbonyl (C=O) groups excluding carboxylic acids is 1. The van der Waals surface area contributed by atoms with Crippen LogP contribution in [0.5, 0.6) is 0 Å². The van der Waals surface area contributed by atoms with Crippen molar-refractivity contribution in [1.29, 1.82) is 0 Å². The molecule has 8 heteroatoms. The quantitative estimate of drug-likeness (QED) is 0.692. The Morgan fingerprint density at radius 3 is 2.79 bits per heavy atom. The minimum atomic E-state index is -0.386. The van der Waals surface area contributed by atoms with Crippen molar-refractivity contribution in [3.05, 3.63) is 47.8 Å². The van der Waals surface area contributed by atoms with Crippen molar-refractivity contribution >= 4 is 34.3 Å². The van der Waals surface area contributed by atoms with Crippen molar-refractivity contribution in [3.63, 3.8) is 0 Å². The third-order valence-electron chi connectivity index (χ3n) is 4.71. The van der Waals surface area contributed by atoms with Crippen molar-refractivity contribution in [2.45, 2.75) is 6.92 Å². The molecule has 8 nitrogen and oxygen atoms in total. The van der Waals surface area contributed by atoms with E-state index in [1.54, 1.807) is 12.1 Å². The highest BCUT2D eigenvalue weighted by Crippen LogP contribution is 2.27. The molecule has 0 unspecified atom stereocenters. The fourth-order valence-electron chi connectivity index (χ4n) is 3.12. The van der Waals surface area contributed by atoms with Crippen molar-refractivity contribution in [2.24, 2.45) is 0 Å². The van der Waals surface area contributed by atoms with Gasteiger partial charge in [-0.25, -0.2) is 19.7 Å². The molecule has 1 saturated heterocycles. The number of anilines is 3. The second-order valence-electron chi connectivity index (χ2n) is 6.51. The standard InChI is InChI=1S/C20H21N5O3/c1-13-3-4-14(20(26)27-2)11-16(13)23-19-18-15(21-12-22-19)5-6-17(24-18)25-7-9-28-10-8-25/h3-6,11-12H,7-10H2,1-2H3,(H,21,22,23). The maximum absolute atomic E-state index is 11.9. The molecule has 0 bridgehead atoms. The highest BCUT2D eigenvalue weighted by Gasteiger charge is 2.15. The van der Waals surface area contributed by atoms with Gasteiger partial charge in [-0.15, -0.1) is 0 Å². The van der Waals surface area contributed by atoms with Gasteiger partial charge < -0.3 is 19.7 Å². The van der Waals surface area contributed by atoms with Crippen LogP contribution in [0, 0.1) is 6.92 Å². The average molecular weight is 379 g/mol. The summed E-state index contributed by atoms with van der Waals surface area (Å²) in [4.78, 5) is 27.5. The highest BCUT2D eigenvalue weighted by atomic mass is 16.5. The van der Waals surface area contributed by atoms with Gasteiger partial charge in [-0.3, -0.25) is 0 Å². The lowest BCUT2D eigenvalue weighted by Crippen LogP contribution is -2.36. The highest BCUT2D eigenvalue weighted by molar-refractivity contribution is 5.92. The van der Waals surface area contributed by atoms with Crippen LogP contribution in [-0.4, -0.2) is 54.3 Å². The number of aryl methyl sites for hydroxylation is 1. The molecule has 1 aliphatic heterocycles. The molecule has 4 rings (SSSR count). The van der Waals surface area contributed by atoms with E-state index in [1.807, 2.05) is 25.1 Å². The molecule has 1 aromatic carbocycles. The predicted molar refractivity (Wildman–Crippen MR) is 106 cm³/mol. The molecular weight excluding hydrogens is 358 g/mol. The molecule has 0 spiro atoms. The van der Waals surface area contributed by atoms with Crippen LogP contribution in [0.15, 0.2) is 36.7 Å². The molecule has 2 aromatic heterocycles.